The van der Waals surface area contributed by atoms with E-state index < -0.39 is 5.54 Å². The lowest BCUT2D eigenvalue weighted by molar-refractivity contribution is -0.137. The number of carbonyl (C=O) groups excluding carboxylic acids is 1. The summed E-state index contributed by atoms with van der Waals surface area (Å²) in [4.78, 5) is 14.2. The molecule has 0 aliphatic carbocycles. The van der Waals surface area contributed by atoms with Crippen molar-refractivity contribution in [3.8, 4) is 0 Å². The molecule has 4 nitrogen and oxygen atoms in total. The molecule has 1 saturated heterocycles. The minimum Gasteiger partial charge on any atom is -0.338 e. The Hall–Kier alpha value is -0.610. The van der Waals surface area contributed by atoms with Crippen molar-refractivity contribution in [1.29, 1.82) is 0 Å². The maximum absolute atomic E-state index is 12.3. The van der Waals surface area contributed by atoms with Gasteiger partial charge in [0.05, 0.1) is 5.54 Å². The van der Waals surface area contributed by atoms with Gasteiger partial charge in [-0.25, -0.2) is 0 Å². The minimum atomic E-state index is -0.716. The monoisotopic (exact) mass is 227 g/mol. The Kier molecular flexibility index (Phi) is 4.33. The lowest BCUT2D eigenvalue weighted by atomic mass is 9.95. The van der Waals surface area contributed by atoms with E-state index in [1.165, 1.54) is 0 Å². The molecular formula is C12H25N3O. The summed E-state index contributed by atoms with van der Waals surface area (Å²) in [7, 11) is 0. The summed E-state index contributed by atoms with van der Waals surface area (Å²) in [5, 5.41) is 0. The van der Waals surface area contributed by atoms with Crippen molar-refractivity contribution in [1.82, 2.24) is 4.90 Å². The van der Waals surface area contributed by atoms with Gasteiger partial charge in [0.1, 0.15) is 0 Å². The number of carbonyl (C=O) groups is 1. The maximum atomic E-state index is 12.3. The molecule has 3 atom stereocenters. The van der Waals surface area contributed by atoms with Crippen LogP contribution in [0, 0.1) is 5.92 Å². The molecule has 1 heterocycles. The molecule has 0 radical (unpaired) electrons. The molecule has 1 aliphatic rings. The van der Waals surface area contributed by atoms with Crippen LogP contribution in [0.5, 0.6) is 0 Å². The molecular weight excluding hydrogens is 202 g/mol. The van der Waals surface area contributed by atoms with Gasteiger partial charge in [0, 0.05) is 12.6 Å². The van der Waals surface area contributed by atoms with Crippen LogP contribution in [0.3, 0.4) is 0 Å². The van der Waals surface area contributed by atoms with Gasteiger partial charge < -0.3 is 16.4 Å². The quantitative estimate of drug-likeness (QED) is 0.742. The molecule has 1 amide bonds. The molecule has 1 aliphatic heterocycles. The standard InChI is InChI=1S/C12H25N3O/c1-4-5-12(3,14)11(16)15-8-10(7-13)6-9(15)2/h9-10H,4-8,13-14H2,1-3H3. The average Bonchev–Trinajstić information content (AvgIpc) is 2.58. The lowest BCUT2D eigenvalue weighted by Gasteiger charge is -2.31. The van der Waals surface area contributed by atoms with Gasteiger partial charge in [0.2, 0.25) is 5.91 Å². The van der Waals surface area contributed by atoms with Gasteiger partial charge in [-0.2, -0.15) is 0 Å². The molecule has 1 rings (SSSR count). The smallest absolute Gasteiger partial charge is 0.242 e. The van der Waals surface area contributed by atoms with Crippen molar-refractivity contribution < 1.29 is 4.79 Å². The molecule has 94 valence electrons. The van der Waals surface area contributed by atoms with Gasteiger partial charge >= 0.3 is 0 Å². The Morgan fingerprint density at radius 3 is 2.62 bits per heavy atom. The van der Waals surface area contributed by atoms with Crippen LogP contribution in [0.1, 0.15) is 40.0 Å². The van der Waals surface area contributed by atoms with E-state index in [0.717, 1.165) is 25.8 Å². The molecule has 4 N–H and O–H groups in total. The van der Waals surface area contributed by atoms with Crippen LogP contribution in [-0.2, 0) is 4.79 Å². The maximum Gasteiger partial charge on any atom is 0.242 e. The summed E-state index contributed by atoms with van der Waals surface area (Å²) in [6.07, 6.45) is 2.67. The number of nitrogens with two attached hydrogens (primary N) is 2. The third-order valence-corrected chi connectivity index (χ3v) is 3.51. The number of likely N-dealkylation sites (tertiary alicyclic amines) is 1. The van der Waals surface area contributed by atoms with Crippen LogP contribution in [-0.4, -0.2) is 35.5 Å². The highest BCUT2D eigenvalue weighted by Crippen LogP contribution is 2.25. The fraction of sp³-hybridized carbons (Fsp3) is 0.917. The minimum absolute atomic E-state index is 0.0813. The van der Waals surface area contributed by atoms with Crippen molar-refractivity contribution >= 4 is 5.91 Å². The number of nitrogens with zero attached hydrogens (tertiary/aromatic N) is 1. The molecule has 16 heavy (non-hydrogen) atoms. The Labute approximate surface area is 98.3 Å². The first-order valence-corrected chi connectivity index (χ1v) is 6.22. The Morgan fingerprint density at radius 2 is 2.19 bits per heavy atom. The van der Waals surface area contributed by atoms with E-state index in [9.17, 15) is 4.79 Å². The first kappa shape index (κ1) is 13.5. The summed E-state index contributed by atoms with van der Waals surface area (Å²) in [5.74, 6) is 0.522. The molecule has 3 unspecified atom stereocenters. The molecule has 0 aromatic heterocycles. The number of hydrogen-bond acceptors (Lipinski definition) is 3. The molecule has 1 fully saturated rings. The molecule has 4 heteroatoms. The first-order valence-electron chi connectivity index (χ1n) is 6.22. The van der Waals surface area contributed by atoms with Crippen LogP contribution in [0.25, 0.3) is 0 Å². The van der Waals surface area contributed by atoms with E-state index in [4.69, 9.17) is 11.5 Å². The average molecular weight is 227 g/mol. The SMILES string of the molecule is CCCC(C)(N)C(=O)N1CC(CN)CC1C. The van der Waals surface area contributed by atoms with Gasteiger partial charge in [0.15, 0.2) is 0 Å². The fourth-order valence-corrected chi connectivity index (χ4v) is 2.55. The van der Waals surface area contributed by atoms with Crippen LogP contribution in [0.15, 0.2) is 0 Å². The highest BCUT2D eigenvalue weighted by Gasteiger charge is 2.38. The topological polar surface area (TPSA) is 72.4 Å². The van der Waals surface area contributed by atoms with Crippen molar-refractivity contribution in [3.63, 3.8) is 0 Å². The lowest BCUT2D eigenvalue weighted by Crippen LogP contribution is -2.54. The predicted octanol–water partition coefficient (Wildman–Crippen LogP) is 0.700. The second-order valence-corrected chi connectivity index (χ2v) is 5.31. The van der Waals surface area contributed by atoms with Crippen molar-refractivity contribution in [2.75, 3.05) is 13.1 Å². The van der Waals surface area contributed by atoms with Crippen molar-refractivity contribution in [2.45, 2.75) is 51.6 Å². The van der Waals surface area contributed by atoms with Crippen LogP contribution in [0.4, 0.5) is 0 Å². The summed E-state index contributed by atoms with van der Waals surface area (Å²) in [6.45, 7) is 7.39. The zero-order valence-electron chi connectivity index (χ0n) is 10.7. The predicted molar refractivity (Wildman–Crippen MR) is 65.8 cm³/mol. The second kappa shape index (κ2) is 5.15. The highest BCUT2D eigenvalue weighted by atomic mass is 16.2. The third kappa shape index (κ3) is 2.74. The van der Waals surface area contributed by atoms with E-state index in [1.807, 2.05) is 11.8 Å². The second-order valence-electron chi connectivity index (χ2n) is 5.31. The van der Waals surface area contributed by atoms with E-state index >= 15 is 0 Å². The zero-order valence-corrected chi connectivity index (χ0v) is 10.7. The van der Waals surface area contributed by atoms with Crippen molar-refractivity contribution in [2.24, 2.45) is 17.4 Å². The van der Waals surface area contributed by atoms with Gasteiger partial charge in [-0.3, -0.25) is 4.79 Å². The summed E-state index contributed by atoms with van der Waals surface area (Å²) >= 11 is 0. The third-order valence-electron chi connectivity index (χ3n) is 3.51. The molecule has 0 aromatic rings. The normalized spacial score (nSPS) is 29.2. The van der Waals surface area contributed by atoms with Crippen LogP contribution < -0.4 is 11.5 Å². The van der Waals surface area contributed by atoms with Gasteiger partial charge in [0.25, 0.3) is 0 Å². The number of hydrogen-bond donors (Lipinski definition) is 2. The van der Waals surface area contributed by atoms with Crippen LogP contribution >= 0.6 is 0 Å². The van der Waals surface area contributed by atoms with E-state index in [1.54, 1.807) is 0 Å². The number of rotatable bonds is 4. The molecule has 0 bridgehead atoms. The highest BCUT2D eigenvalue weighted by molar-refractivity contribution is 5.86. The number of amides is 1. The Balaban J connectivity index is 2.67. The Bertz CT molecular complexity index is 253. The van der Waals surface area contributed by atoms with Gasteiger partial charge in [-0.1, -0.05) is 13.3 Å². The molecule has 0 saturated carbocycles. The van der Waals surface area contributed by atoms with Crippen LogP contribution in [0.2, 0.25) is 0 Å². The van der Waals surface area contributed by atoms with E-state index in [0.29, 0.717) is 12.5 Å². The van der Waals surface area contributed by atoms with E-state index in [-0.39, 0.29) is 11.9 Å². The zero-order chi connectivity index (χ0) is 12.3. The van der Waals surface area contributed by atoms with Gasteiger partial charge in [-0.05, 0) is 39.2 Å². The van der Waals surface area contributed by atoms with Crippen molar-refractivity contribution in [3.05, 3.63) is 0 Å². The largest absolute Gasteiger partial charge is 0.338 e. The molecule has 0 aromatic carbocycles. The Morgan fingerprint density at radius 1 is 1.56 bits per heavy atom. The van der Waals surface area contributed by atoms with E-state index in [2.05, 4.69) is 13.8 Å². The fourth-order valence-electron chi connectivity index (χ4n) is 2.55. The van der Waals surface area contributed by atoms with Gasteiger partial charge in [-0.15, -0.1) is 0 Å². The molecule has 0 spiro atoms. The summed E-state index contributed by atoms with van der Waals surface area (Å²) < 4.78 is 0. The first-order chi connectivity index (χ1) is 7.42. The summed E-state index contributed by atoms with van der Waals surface area (Å²) in [6, 6.07) is 0.279. The summed E-state index contributed by atoms with van der Waals surface area (Å²) in [5.41, 5.74) is 11.0.